The van der Waals surface area contributed by atoms with Crippen molar-refractivity contribution in [3.8, 4) is 0 Å². The molecule has 0 radical (unpaired) electrons. The van der Waals surface area contributed by atoms with Gasteiger partial charge in [0.2, 0.25) is 0 Å². The zero-order chi connectivity index (χ0) is 14.8. The molecule has 2 aromatic heterocycles. The van der Waals surface area contributed by atoms with Crippen LogP contribution in [0.5, 0.6) is 0 Å². The lowest BCUT2D eigenvalue weighted by atomic mass is 10.1. The molecule has 0 saturated heterocycles. The normalized spacial score (nSPS) is 11.0. The average molecular weight is 281 g/mol. The van der Waals surface area contributed by atoms with E-state index >= 15 is 0 Å². The summed E-state index contributed by atoms with van der Waals surface area (Å²) < 4.78 is 1.82. The van der Waals surface area contributed by atoms with Crippen molar-refractivity contribution in [3.05, 3.63) is 47.9 Å². The van der Waals surface area contributed by atoms with Crippen LogP contribution >= 0.6 is 0 Å². The van der Waals surface area contributed by atoms with Gasteiger partial charge in [-0.1, -0.05) is 0 Å². The molecule has 0 fully saturated rings. The van der Waals surface area contributed by atoms with Gasteiger partial charge in [0.05, 0.1) is 11.7 Å². The summed E-state index contributed by atoms with van der Waals surface area (Å²) in [6.45, 7) is 2.85. The lowest BCUT2D eigenvalue weighted by Crippen LogP contribution is -2.06. The van der Waals surface area contributed by atoms with Crippen molar-refractivity contribution < 1.29 is 0 Å². The zero-order valence-corrected chi connectivity index (χ0v) is 12.3. The Hall–Kier alpha value is -2.56. The summed E-state index contributed by atoms with van der Waals surface area (Å²) in [6.07, 6.45) is 4.87. The van der Waals surface area contributed by atoms with Crippen LogP contribution in [0.15, 0.2) is 36.7 Å². The summed E-state index contributed by atoms with van der Waals surface area (Å²) >= 11 is 0. The first-order chi connectivity index (χ1) is 10.1. The highest BCUT2D eigenvalue weighted by Gasteiger charge is 2.05. The first kappa shape index (κ1) is 13.4. The molecule has 0 saturated carbocycles. The maximum Gasteiger partial charge on any atom is 0.0727 e. The number of aryl methyl sites for hydroxylation is 2. The summed E-state index contributed by atoms with van der Waals surface area (Å²) in [7, 11) is 1.93. The monoisotopic (exact) mass is 281 g/mol. The Morgan fingerprint density at radius 1 is 1.29 bits per heavy atom. The van der Waals surface area contributed by atoms with E-state index in [2.05, 4.69) is 21.5 Å². The molecule has 108 valence electrons. The minimum absolute atomic E-state index is 0.753. The summed E-state index contributed by atoms with van der Waals surface area (Å²) in [5, 5.41) is 8.72. The fourth-order valence-corrected chi connectivity index (χ4v) is 2.46. The quantitative estimate of drug-likeness (QED) is 0.721. The number of pyridine rings is 1. The Bertz CT molecular complexity index is 775. The Morgan fingerprint density at radius 2 is 2.14 bits per heavy atom. The molecule has 0 unspecified atom stereocenters. The van der Waals surface area contributed by atoms with Gasteiger partial charge in [0, 0.05) is 42.2 Å². The van der Waals surface area contributed by atoms with Gasteiger partial charge in [0.15, 0.2) is 0 Å². The van der Waals surface area contributed by atoms with E-state index < -0.39 is 0 Å². The van der Waals surface area contributed by atoms with E-state index in [1.807, 2.05) is 49.2 Å². The molecule has 0 spiro atoms. The number of fused-ring (bicyclic) bond motifs is 1. The van der Waals surface area contributed by atoms with Gasteiger partial charge in [-0.15, -0.1) is 0 Å². The molecule has 0 bridgehead atoms. The summed E-state index contributed by atoms with van der Waals surface area (Å²) in [5.41, 5.74) is 10.9. The third-order valence-corrected chi connectivity index (χ3v) is 3.45. The maximum absolute atomic E-state index is 5.89. The molecule has 0 aliphatic heterocycles. The van der Waals surface area contributed by atoms with Gasteiger partial charge >= 0.3 is 0 Å². The molecule has 0 aliphatic carbocycles. The van der Waals surface area contributed by atoms with Crippen molar-refractivity contribution in [1.29, 1.82) is 0 Å². The molecule has 1 aromatic carbocycles. The zero-order valence-electron chi connectivity index (χ0n) is 12.3. The van der Waals surface area contributed by atoms with Crippen LogP contribution in [-0.2, 0) is 13.5 Å². The number of hydrogen-bond donors (Lipinski definition) is 2. The lowest BCUT2D eigenvalue weighted by Gasteiger charge is -2.11. The van der Waals surface area contributed by atoms with Crippen LogP contribution in [0, 0.1) is 6.92 Å². The number of rotatable bonds is 4. The lowest BCUT2D eigenvalue weighted by molar-refractivity contribution is 0.767. The second kappa shape index (κ2) is 5.44. The summed E-state index contributed by atoms with van der Waals surface area (Å²) in [4.78, 5) is 4.54. The largest absolute Gasteiger partial charge is 0.399 e. The number of nitrogens with one attached hydrogen (secondary N) is 1. The first-order valence-corrected chi connectivity index (χ1v) is 7.00. The molecule has 5 heteroatoms. The smallest absolute Gasteiger partial charge is 0.0727 e. The molecule has 3 aromatic rings. The average Bonchev–Trinajstić information content (AvgIpc) is 2.85. The number of nitrogen functional groups attached to an aromatic ring is 1. The second-order valence-electron chi connectivity index (χ2n) is 5.29. The van der Waals surface area contributed by atoms with E-state index in [0.29, 0.717) is 0 Å². The van der Waals surface area contributed by atoms with Crippen molar-refractivity contribution in [3.63, 3.8) is 0 Å². The Balaban J connectivity index is 1.81. The van der Waals surface area contributed by atoms with Gasteiger partial charge < -0.3 is 11.1 Å². The van der Waals surface area contributed by atoms with Crippen molar-refractivity contribution in [2.45, 2.75) is 13.3 Å². The predicted molar refractivity (Wildman–Crippen MR) is 86.3 cm³/mol. The fraction of sp³-hybridized carbons (Fsp3) is 0.250. The van der Waals surface area contributed by atoms with Crippen molar-refractivity contribution in [2.75, 3.05) is 17.6 Å². The maximum atomic E-state index is 5.89. The van der Waals surface area contributed by atoms with Crippen LogP contribution in [0.2, 0.25) is 0 Å². The predicted octanol–water partition coefficient (Wildman–Crippen LogP) is 2.51. The SMILES string of the molecule is Cc1cc(NCCc2cnn(C)c2)c2cc(N)ccc2n1. The number of aromatic nitrogens is 3. The second-order valence-corrected chi connectivity index (χ2v) is 5.29. The van der Waals surface area contributed by atoms with Crippen LogP contribution in [0.3, 0.4) is 0 Å². The van der Waals surface area contributed by atoms with E-state index in [-0.39, 0.29) is 0 Å². The Labute approximate surface area is 123 Å². The van der Waals surface area contributed by atoms with Crippen molar-refractivity contribution in [2.24, 2.45) is 7.05 Å². The molecule has 3 rings (SSSR count). The third-order valence-electron chi connectivity index (χ3n) is 3.45. The summed E-state index contributed by atoms with van der Waals surface area (Å²) in [6, 6.07) is 7.87. The van der Waals surface area contributed by atoms with Crippen molar-refractivity contribution in [1.82, 2.24) is 14.8 Å². The van der Waals surface area contributed by atoms with Crippen LogP contribution in [0.1, 0.15) is 11.3 Å². The highest BCUT2D eigenvalue weighted by Crippen LogP contribution is 2.25. The van der Waals surface area contributed by atoms with Crippen LogP contribution in [-0.4, -0.2) is 21.3 Å². The van der Waals surface area contributed by atoms with Gasteiger partial charge in [-0.05, 0) is 43.2 Å². The third kappa shape index (κ3) is 2.97. The number of nitrogens with zero attached hydrogens (tertiary/aromatic N) is 3. The van der Waals surface area contributed by atoms with Gasteiger partial charge in [-0.3, -0.25) is 9.67 Å². The van der Waals surface area contributed by atoms with Crippen LogP contribution < -0.4 is 11.1 Å². The highest BCUT2D eigenvalue weighted by atomic mass is 15.2. The highest BCUT2D eigenvalue weighted by molar-refractivity contribution is 5.93. The van der Waals surface area contributed by atoms with Crippen LogP contribution in [0.4, 0.5) is 11.4 Å². The van der Waals surface area contributed by atoms with E-state index in [4.69, 9.17) is 5.73 Å². The summed E-state index contributed by atoms with van der Waals surface area (Å²) in [5.74, 6) is 0. The first-order valence-electron chi connectivity index (χ1n) is 7.00. The molecular weight excluding hydrogens is 262 g/mol. The molecule has 0 aliphatic rings. The van der Waals surface area contributed by atoms with Crippen molar-refractivity contribution >= 4 is 22.3 Å². The molecule has 5 nitrogen and oxygen atoms in total. The number of hydrogen-bond acceptors (Lipinski definition) is 4. The minimum atomic E-state index is 0.753. The molecular formula is C16H19N5. The topological polar surface area (TPSA) is 68.8 Å². The Kier molecular flexibility index (Phi) is 3.48. The van der Waals surface area contributed by atoms with E-state index in [0.717, 1.165) is 40.9 Å². The van der Waals surface area contributed by atoms with E-state index in [1.54, 1.807) is 0 Å². The molecule has 21 heavy (non-hydrogen) atoms. The van der Waals surface area contributed by atoms with E-state index in [1.165, 1.54) is 5.56 Å². The van der Waals surface area contributed by atoms with Crippen LogP contribution in [0.25, 0.3) is 10.9 Å². The molecule has 3 N–H and O–H groups in total. The van der Waals surface area contributed by atoms with Gasteiger partial charge in [-0.2, -0.15) is 5.10 Å². The molecule has 2 heterocycles. The Morgan fingerprint density at radius 3 is 2.90 bits per heavy atom. The molecule has 0 amide bonds. The number of nitrogens with two attached hydrogens (primary N) is 1. The molecule has 0 atom stereocenters. The number of benzene rings is 1. The van der Waals surface area contributed by atoms with Gasteiger partial charge in [-0.25, -0.2) is 0 Å². The van der Waals surface area contributed by atoms with E-state index in [9.17, 15) is 0 Å². The standard InChI is InChI=1S/C16H19N5/c1-11-7-16(14-8-13(17)3-4-15(14)20-11)18-6-5-12-9-19-21(2)10-12/h3-4,7-10H,5-6,17H2,1-2H3,(H,18,20). The fourth-order valence-electron chi connectivity index (χ4n) is 2.46. The van der Waals surface area contributed by atoms with Gasteiger partial charge in [0.1, 0.15) is 0 Å². The number of anilines is 2. The minimum Gasteiger partial charge on any atom is -0.399 e. The van der Waals surface area contributed by atoms with Gasteiger partial charge in [0.25, 0.3) is 0 Å².